The van der Waals surface area contributed by atoms with E-state index in [2.05, 4.69) is 0 Å². The van der Waals surface area contributed by atoms with Crippen molar-refractivity contribution in [2.75, 3.05) is 13.7 Å². The second kappa shape index (κ2) is 6.71. The van der Waals surface area contributed by atoms with Gasteiger partial charge in [0, 0.05) is 18.6 Å². The number of esters is 1. The molecule has 1 aromatic rings. The van der Waals surface area contributed by atoms with Crippen LogP contribution in [0.4, 0.5) is 0 Å². The lowest BCUT2D eigenvalue weighted by Gasteiger charge is -2.16. The van der Waals surface area contributed by atoms with Gasteiger partial charge in [-0.15, -0.1) is 0 Å². The molecule has 0 amide bonds. The molecule has 6 heteroatoms. The van der Waals surface area contributed by atoms with Crippen LogP contribution in [-0.2, 0) is 14.2 Å². The van der Waals surface area contributed by atoms with Gasteiger partial charge >= 0.3 is 5.97 Å². The van der Waals surface area contributed by atoms with Crippen LogP contribution in [0.3, 0.4) is 0 Å². The van der Waals surface area contributed by atoms with Crippen molar-refractivity contribution in [2.45, 2.75) is 24.7 Å². The lowest BCUT2D eigenvalue weighted by molar-refractivity contribution is -0.0351. The van der Waals surface area contributed by atoms with Gasteiger partial charge in [0.15, 0.2) is 0 Å². The number of carbonyl (C=O) groups excluding carboxylic acids is 1. The summed E-state index contributed by atoms with van der Waals surface area (Å²) in [5, 5.41) is 9.38. The fraction of sp³-hybridized carbons (Fsp3) is 0.429. The van der Waals surface area contributed by atoms with Gasteiger partial charge in [0.05, 0.1) is 17.7 Å². The van der Waals surface area contributed by atoms with E-state index < -0.39 is 18.2 Å². The van der Waals surface area contributed by atoms with Gasteiger partial charge in [0.1, 0.15) is 18.8 Å². The second-order valence-electron chi connectivity index (χ2n) is 4.41. The number of hydrogen-bond acceptors (Lipinski definition) is 5. The monoisotopic (exact) mass is 295 g/mol. The lowest BCUT2D eigenvalue weighted by atomic mass is 10.1. The summed E-state index contributed by atoms with van der Waals surface area (Å²) in [6, 6.07) is 8.44. The minimum Gasteiger partial charge on any atom is -0.459 e. The quantitative estimate of drug-likeness (QED) is 0.797. The third-order valence-corrected chi connectivity index (χ3v) is 3.36. The van der Waals surface area contributed by atoms with E-state index in [4.69, 9.17) is 31.1 Å². The maximum Gasteiger partial charge on any atom is 0.338 e. The smallest absolute Gasteiger partial charge is 0.338 e. The summed E-state index contributed by atoms with van der Waals surface area (Å²) < 4.78 is 15.8. The first kappa shape index (κ1) is 14.8. The highest BCUT2D eigenvalue weighted by molar-refractivity contribution is 6.30. The maximum absolute atomic E-state index is 11.8. The molecular weight excluding hydrogens is 282 g/mol. The molecule has 20 heavy (non-hydrogen) atoms. The van der Waals surface area contributed by atoms with Crippen LogP contribution in [0.15, 0.2) is 24.3 Å². The zero-order valence-electron chi connectivity index (χ0n) is 10.9. The van der Waals surface area contributed by atoms with Crippen molar-refractivity contribution in [1.82, 2.24) is 0 Å². The minimum atomic E-state index is -0.515. The summed E-state index contributed by atoms with van der Waals surface area (Å²) in [4.78, 5) is 11.8. The Bertz CT molecular complexity index is 511. The number of halogens is 1. The normalized spacial score (nSPS) is 25.1. The van der Waals surface area contributed by atoms with Crippen LogP contribution >= 0.6 is 11.6 Å². The number of hydrogen-bond donors (Lipinski definition) is 0. The Labute approximate surface area is 122 Å². The third-order valence-electron chi connectivity index (χ3n) is 3.11. The van der Waals surface area contributed by atoms with Gasteiger partial charge in [0.25, 0.3) is 0 Å². The number of nitriles is 1. The zero-order valence-corrected chi connectivity index (χ0v) is 11.7. The Morgan fingerprint density at radius 2 is 2.20 bits per heavy atom. The summed E-state index contributed by atoms with van der Waals surface area (Å²) in [6.45, 7) is 0.0537. The van der Waals surface area contributed by atoms with Gasteiger partial charge in [-0.1, -0.05) is 11.6 Å². The number of carbonyl (C=O) groups is 1. The summed E-state index contributed by atoms with van der Waals surface area (Å²) >= 11 is 5.75. The van der Waals surface area contributed by atoms with E-state index in [9.17, 15) is 4.79 Å². The number of methoxy groups -OCH3 is 1. The number of benzene rings is 1. The summed E-state index contributed by atoms with van der Waals surface area (Å²) in [6.07, 6.45) is -0.686. The zero-order chi connectivity index (χ0) is 14.5. The van der Waals surface area contributed by atoms with Crippen molar-refractivity contribution in [3.8, 4) is 6.07 Å². The predicted octanol–water partition coefficient (Wildman–Crippen LogP) is 2.19. The van der Waals surface area contributed by atoms with E-state index in [-0.39, 0.29) is 12.7 Å². The van der Waals surface area contributed by atoms with Gasteiger partial charge in [0.2, 0.25) is 0 Å². The van der Waals surface area contributed by atoms with Crippen LogP contribution in [0.2, 0.25) is 5.02 Å². The second-order valence-corrected chi connectivity index (χ2v) is 4.84. The Morgan fingerprint density at radius 3 is 2.80 bits per heavy atom. The molecule has 3 atom stereocenters. The first-order chi connectivity index (χ1) is 9.63. The van der Waals surface area contributed by atoms with Crippen LogP contribution < -0.4 is 0 Å². The van der Waals surface area contributed by atoms with Gasteiger partial charge in [-0.2, -0.15) is 5.26 Å². The fourth-order valence-corrected chi connectivity index (χ4v) is 2.15. The molecule has 0 aromatic heterocycles. The van der Waals surface area contributed by atoms with Crippen LogP contribution in [0.25, 0.3) is 0 Å². The first-order valence-electron chi connectivity index (χ1n) is 6.14. The van der Waals surface area contributed by atoms with Crippen molar-refractivity contribution in [3.05, 3.63) is 34.9 Å². The largest absolute Gasteiger partial charge is 0.459 e. The average Bonchev–Trinajstić information content (AvgIpc) is 2.88. The SMILES string of the molecule is COC1CC(C#N)OC1COC(=O)c1ccc(Cl)cc1. The highest BCUT2D eigenvalue weighted by Crippen LogP contribution is 2.23. The molecule has 1 fully saturated rings. The topological polar surface area (TPSA) is 68.6 Å². The molecule has 1 aliphatic rings. The van der Waals surface area contributed by atoms with Gasteiger partial charge < -0.3 is 14.2 Å². The van der Waals surface area contributed by atoms with Crippen LogP contribution in [0.5, 0.6) is 0 Å². The summed E-state index contributed by atoms with van der Waals surface area (Å²) in [5.74, 6) is -0.458. The molecule has 0 spiro atoms. The molecule has 1 aliphatic heterocycles. The third kappa shape index (κ3) is 3.48. The van der Waals surface area contributed by atoms with E-state index in [1.807, 2.05) is 6.07 Å². The summed E-state index contributed by atoms with van der Waals surface area (Å²) in [5.41, 5.74) is 0.415. The molecule has 5 nitrogen and oxygen atoms in total. The predicted molar refractivity (Wildman–Crippen MR) is 71.4 cm³/mol. The molecule has 0 N–H and O–H groups in total. The minimum absolute atomic E-state index is 0.0537. The molecule has 2 rings (SSSR count). The maximum atomic E-state index is 11.8. The molecule has 1 heterocycles. The molecule has 1 saturated heterocycles. The van der Waals surface area contributed by atoms with Crippen LogP contribution in [-0.4, -0.2) is 38.0 Å². The van der Waals surface area contributed by atoms with Crippen molar-refractivity contribution < 1.29 is 19.0 Å². The van der Waals surface area contributed by atoms with Crippen LogP contribution in [0.1, 0.15) is 16.8 Å². The Hall–Kier alpha value is -1.61. The van der Waals surface area contributed by atoms with E-state index in [1.54, 1.807) is 31.4 Å². The van der Waals surface area contributed by atoms with E-state index in [0.29, 0.717) is 17.0 Å². The van der Waals surface area contributed by atoms with Crippen LogP contribution in [0, 0.1) is 11.3 Å². The number of ether oxygens (including phenoxy) is 3. The Kier molecular flexibility index (Phi) is 4.96. The van der Waals surface area contributed by atoms with Gasteiger partial charge in [-0.3, -0.25) is 0 Å². The molecule has 3 unspecified atom stereocenters. The lowest BCUT2D eigenvalue weighted by Crippen LogP contribution is -2.29. The van der Waals surface area contributed by atoms with Crippen molar-refractivity contribution in [1.29, 1.82) is 5.26 Å². The molecule has 0 saturated carbocycles. The highest BCUT2D eigenvalue weighted by atomic mass is 35.5. The number of nitrogens with zero attached hydrogens (tertiary/aromatic N) is 1. The highest BCUT2D eigenvalue weighted by Gasteiger charge is 2.36. The summed E-state index contributed by atoms with van der Waals surface area (Å²) in [7, 11) is 1.54. The van der Waals surface area contributed by atoms with Crippen molar-refractivity contribution in [3.63, 3.8) is 0 Å². The van der Waals surface area contributed by atoms with Gasteiger partial charge in [-0.25, -0.2) is 4.79 Å². The molecule has 1 aromatic carbocycles. The van der Waals surface area contributed by atoms with E-state index in [1.165, 1.54) is 0 Å². The molecule has 0 radical (unpaired) electrons. The molecule has 106 valence electrons. The van der Waals surface area contributed by atoms with Crippen molar-refractivity contribution in [2.24, 2.45) is 0 Å². The number of rotatable bonds is 4. The standard InChI is InChI=1S/C14H14ClNO4/c1-18-12-6-11(7-16)20-13(12)8-19-14(17)9-2-4-10(15)5-3-9/h2-5,11-13H,6,8H2,1H3. The fourth-order valence-electron chi connectivity index (χ4n) is 2.02. The van der Waals surface area contributed by atoms with E-state index >= 15 is 0 Å². The van der Waals surface area contributed by atoms with Crippen molar-refractivity contribution >= 4 is 17.6 Å². The molecule has 0 aliphatic carbocycles. The van der Waals surface area contributed by atoms with Gasteiger partial charge in [-0.05, 0) is 24.3 Å². The average molecular weight is 296 g/mol. The molecular formula is C14H14ClNO4. The Morgan fingerprint density at radius 1 is 1.50 bits per heavy atom. The first-order valence-corrected chi connectivity index (χ1v) is 6.52. The van der Waals surface area contributed by atoms with E-state index in [0.717, 1.165) is 0 Å². The Balaban J connectivity index is 1.90. The molecule has 0 bridgehead atoms.